The Bertz CT molecular complexity index is 1160. The third-order valence-corrected chi connectivity index (χ3v) is 5.71. The smallest absolute Gasteiger partial charge is 0.259 e. The number of carbonyl (C=O) groups is 2. The average molecular weight is 451 g/mol. The van der Waals surface area contributed by atoms with Crippen molar-refractivity contribution in [2.24, 2.45) is 0 Å². The minimum atomic E-state index is -0.518. The SMILES string of the molecule is CN1CCc2ccc(C(=O)Nc3c(O)cccc3C(=O)Nc3ccc(Cl)cn3)cc2CC1. The van der Waals surface area contributed by atoms with Gasteiger partial charge in [-0.1, -0.05) is 23.7 Å². The Morgan fingerprint density at radius 3 is 2.53 bits per heavy atom. The molecule has 0 aliphatic carbocycles. The standard InChI is InChI=1S/C24H23ClN4O3/c1-29-11-9-15-5-6-17(13-16(15)10-12-29)23(31)28-22-19(3-2-4-20(22)30)24(32)27-21-8-7-18(25)14-26-21/h2-8,13-14,30H,9-12H2,1H3,(H,28,31)(H,26,27,32). The number of nitrogens with zero attached hydrogens (tertiary/aromatic N) is 2. The number of halogens is 1. The van der Waals surface area contributed by atoms with Crippen molar-refractivity contribution in [1.29, 1.82) is 0 Å². The van der Waals surface area contributed by atoms with Crippen LogP contribution in [0.25, 0.3) is 0 Å². The number of likely N-dealkylation sites (N-methyl/N-ethyl adjacent to an activating group) is 1. The molecule has 2 amide bonds. The first-order chi connectivity index (χ1) is 15.4. The summed E-state index contributed by atoms with van der Waals surface area (Å²) >= 11 is 5.83. The monoisotopic (exact) mass is 450 g/mol. The van der Waals surface area contributed by atoms with E-state index >= 15 is 0 Å². The molecular formula is C24H23ClN4O3. The van der Waals surface area contributed by atoms with Crippen LogP contribution in [0.5, 0.6) is 5.75 Å². The number of benzene rings is 2. The number of anilines is 2. The van der Waals surface area contributed by atoms with Gasteiger partial charge in [-0.3, -0.25) is 9.59 Å². The van der Waals surface area contributed by atoms with Crippen molar-refractivity contribution in [2.45, 2.75) is 12.8 Å². The fraction of sp³-hybridized carbons (Fsp3) is 0.208. The molecule has 32 heavy (non-hydrogen) atoms. The van der Waals surface area contributed by atoms with Crippen LogP contribution in [0.3, 0.4) is 0 Å². The maximum absolute atomic E-state index is 13.0. The van der Waals surface area contributed by atoms with Crippen LogP contribution in [0.4, 0.5) is 11.5 Å². The van der Waals surface area contributed by atoms with Gasteiger partial charge in [0.25, 0.3) is 11.8 Å². The zero-order valence-corrected chi connectivity index (χ0v) is 18.3. The summed E-state index contributed by atoms with van der Waals surface area (Å²) in [6.45, 7) is 1.91. The second kappa shape index (κ2) is 9.38. The molecule has 0 bridgehead atoms. The van der Waals surface area contributed by atoms with E-state index in [0.29, 0.717) is 16.4 Å². The van der Waals surface area contributed by atoms with Gasteiger partial charge in [0.2, 0.25) is 0 Å². The van der Waals surface area contributed by atoms with E-state index in [1.165, 1.54) is 30.0 Å². The Kier molecular flexibility index (Phi) is 6.39. The molecule has 4 rings (SSSR count). The number of carbonyl (C=O) groups excluding carboxylic acids is 2. The Balaban J connectivity index is 1.56. The molecule has 0 spiro atoms. The lowest BCUT2D eigenvalue weighted by Crippen LogP contribution is -2.20. The molecule has 3 N–H and O–H groups in total. The van der Waals surface area contributed by atoms with Crippen LogP contribution in [-0.2, 0) is 12.8 Å². The number of hydrogen-bond donors (Lipinski definition) is 3. The number of fused-ring (bicyclic) bond motifs is 1. The fourth-order valence-corrected chi connectivity index (χ4v) is 3.77. The van der Waals surface area contributed by atoms with Gasteiger partial charge in [-0.05, 0) is 67.4 Å². The Hall–Kier alpha value is -3.42. The molecule has 0 unspecified atom stereocenters. The van der Waals surface area contributed by atoms with E-state index in [2.05, 4.69) is 27.6 Å². The van der Waals surface area contributed by atoms with Crippen LogP contribution in [0.15, 0.2) is 54.7 Å². The topological polar surface area (TPSA) is 94.6 Å². The molecule has 0 radical (unpaired) electrons. The molecule has 8 heteroatoms. The zero-order chi connectivity index (χ0) is 22.7. The Morgan fingerprint density at radius 2 is 1.78 bits per heavy atom. The first kappa shape index (κ1) is 21.8. The van der Waals surface area contributed by atoms with Crippen LogP contribution >= 0.6 is 11.6 Å². The summed E-state index contributed by atoms with van der Waals surface area (Å²) in [5, 5.41) is 16.2. The molecular weight excluding hydrogens is 428 g/mol. The van der Waals surface area contributed by atoms with Crippen molar-refractivity contribution in [1.82, 2.24) is 9.88 Å². The van der Waals surface area contributed by atoms with Crippen molar-refractivity contribution in [3.8, 4) is 5.75 Å². The van der Waals surface area contributed by atoms with Crippen LogP contribution < -0.4 is 10.6 Å². The first-order valence-corrected chi connectivity index (χ1v) is 10.6. The lowest BCUT2D eigenvalue weighted by Gasteiger charge is -2.14. The van der Waals surface area contributed by atoms with Gasteiger partial charge in [-0.25, -0.2) is 4.98 Å². The number of amides is 2. The third kappa shape index (κ3) is 4.90. The second-order valence-corrected chi connectivity index (χ2v) is 8.19. The summed E-state index contributed by atoms with van der Waals surface area (Å²) in [5.41, 5.74) is 3.02. The van der Waals surface area contributed by atoms with E-state index in [4.69, 9.17) is 11.6 Å². The summed E-state index contributed by atoms with van der Waals surface area (Å²) in [4.78, 5) is 32.1. The number of aromatic hydroxyl groups is 1. The fourth-order valence-electron chi connectivity index (χ4n) is 3.66. The van der Waals surface area contributed by atoms with Gasteiger partial charge in [0.15, 0.2) is 0 Å². The molecule has 0 atom stereocenters. The summed E-state index contributed by atoms with van der Waals surface area (Å²) in [6, 6.07) is 13.3. The number of phenolic OH excluding ortho intramolecular Hbond substituents is 1. The van der Waals surface area contributed by atoms with Gasteiger partial charge in [-0.2, -0.15) is 0 Å². The van der Waals surface area contributed by atoms with Gasteiger partial charge in [0, 0.05) is 24.8 Å². The molecule has 1 aliphatic rings. The molecule has 2 heterocycles. The van der Waals surface area contributed by atoms with Crippen molar-refractivity contribution in [3.05, 3.63) is 82.0 Å². The second-order valence-electron chi connectivity index (χ2n) is 7.76. The quantitative estimate of drug-likeness (QED) is 0.523. The van der Waals surface area contributed by atoms with Crippen LogP contribution in [0.2, 0.25) is 5.02 Å². The van der Waals surface area contributed by atoms with Crippen molar-refractivity contribution < 1.29 is 14.7 Å². The highest BCUT2D eigenvalue weighted by Crippen LogP contribution is 2.29. The van der Waals surface area contributed by atoms with Gasteiger partial charge in [-0.15, -0.1) is 0 Å². The predicted octanol–water partition coefficient (Wildman–Crippen LogP) is 3.98. The van der Waals surface area contributed by atoms with Gasteiger partial charge in [0.1, 0.15) is 11.6 Å². The number of para-hydroxylation sites is 1. The Morgan fingerprint density at radius 1 is 1.00 bits per heavy atom. The molecule has 1 aromatic heterocycles. The number of phenols is 1. The highest BCUT2D eigenvalue weighted by atomic mass is 35.5. The van der Waals surface area contributed by atoms with Crippen molar-refractivity contribution in [3.63, 3.8) is 0 Å². The molecule has 2 aromatic carbocycles. The Labute approximate surface area is 191 Å². The zero-order valence-electron chi connectivity index (χ0n) is 17.6. The van der Waals surface area contributed by atoms with Crippen molar-refractivity contribution in [2.75, 3.05) is 30.8 Å². The summed E-state index contributed by atoms with van der Waals surface area (Å²) in [7, 11) is 2.09. The lowest BCUT2D eigenvalue weighted by molar-refractivity contribution is 0.102. The molecule has 0 saturated heterocycles. The first-order valence-electron chi connectivity index (χ1n) is 10.3. The van der Waals surface area contributed by atoms with Gasteiger partial charge in [0.05, 0.1) is 16.3 Å². The maximum atomic E-state index is 13.0. The van der Waals surface area contributed by atoms with E-state index in [1.54, 1.807) is 18.2 Å². The molecule has 164 valence electrons. The lowest BCUT2D eigenvalue weighted by atomic mass is 9.99. The number of nitrogens with one attached hydrogen (secondary N) is 2. The summed E-state index contributed by atoms with van der Waals surface area (Å²) in [6.07, 6.45) is 3.22. The highest BCUT2D eigenvalue weighted by molar-refractivity contribution is 6.30. The van der Waals surface area contributed by atoms with E-state index in [0.717, 1.165) is 31.5 Å². The average Bonchev–Trinajstić information content (AvgIpc) is 2.97. The maximum Gasteiger partial charge on any atom is 0.259 e. The van der Waals surface area contributed by atoms with E-state index in [-0.39, 0.29) is 17.0 Å². The summed E-state index contributed by atoms with van der Waals surface area (Å²) < 4.78 is 0. The minimum absolute atomic E-state index is 0.0404. The molecule has 1 aliphatic heterocycles. The normalized spacial score (nSPS) is 13.7. The van der Waals surface area contributed by atoms with E-state index < -0.39 is 11.8 Å². The number of hydrogen-bond acceptors (Lipinski definition) is 5. The van der Waals surface area contributed by atoms with Crippen LogP contribution in [0.1, 0.15) is 31.8 Å². The van der Waals surface area contributed by atoms with E-state index in [9.17, 15) is 14.7 Å². The molecule has 7 nitrogen and oxygen atoms in total. The number of pyridine rings is 1. The largest absolute Gasteiger partial charge is 0.506 e. The molecule has 0 fully saturated rings. The number of aromatic nitrogens is 1. The minimum Gasteiger partial charge on any atom is -0.506 e. The predicted molar refractivity (Wildman–Crippen MR) is 125 cm³/mol. The highest BCUT2D eigenvalue weighted by Gasteiger charge is 2.20. The molecule has 0 saturated carbocycles. The van der Waals surface area contributed by atoms with Crippen molar-refractivity contribution >= 4 is 34.9 Å². The van der Waals surface area contributed by atoms with Gasteiger partial charge >= 0.3 is 0 Å². The third-order valence-electron chi connectivity index (χ3n) is 5.49. The summed E-state index contributed by atoms with van der Waals surface area (Å²) in [5.74, 6) is -0.816. The van der Waals surface area contributed by atoms with Crippen LogP contribution in [-0.4, -0.2) is 46.9 Å². The van der Waals surface area contributed by atoms with Crippen LogP contribution in [0, 0.1) is 0 Å². The number of rotatable bonds is 4. The molecule has 3 aromatic rings. The van der Waals surface area contributed by atoms with Gasteiger partial charge < -0.3 is 20.6 Å². The van der Waals surface area contributed by atoms with E-state index in [1.807, 2.05) is 12.1 Å².